The number of benzene rings is 7. The molecule has 0 bridgehead atoms. The average molecular weight is 658 g/mol. The minimum atomic E-state index is 0.403. The molecule has 7 aromatic carbocycles. The van der Waals surface area contributed by atoms with Gasteiger partial charge in [0.15, 0.2) is 0 Å². The summed E-state index contributed by atoms with van der Waals surface area (Å²) in [5.74, 6) is 0.403. The Morgan fingerprint density at radius 3 is 1.96 bits per heavy atom. The summed E-state index contributed by atoms with van der Waals surface area (Å²) in [6.07, 6.45) is 5.63. The molecule has 1 atom stereocenters. The molecule has 0 saturated heterocycles. The van der Waals surface area contributed by atoms with E-state index in [0.717, 1.165) is 80.3 Å². The molecule has 1 aliphatic rings. The molecule has 10 rings (SSSR count). The van der Waals surface area contributed by atoms with Crippen molar-refractivity contribution in [3.63, 3.8) is 0 Å². The van der Waals surface area contributed by atoms with Crippen molar-refractivity contribution < 1.29 is 8.83 Å². The number of para-hydroxylation sites is 1. The van der Waals surface area contributed by atoms with Crippen LogP contribution in [-0.4, -0.2) is 0 Å². The first-order chi connectivity index (χ1) is 25.2. The zero-order chi connectivity index (χ0) is 33.7. The molecule has 3 nitrogen and oxygen atoms in total. The van der Waals surface area contributed by atoms with E-state index in [-0.39, 0.29) is 0 Å². The van der Waals surface area contributed by atoms with E-state index < -0.39 is 0 Å². The number of nitrogens with one attached hydrogen (secondary N) is 1. The van der Waals surface area contributed by atoms with Gasteiger partial charge in [0.25, 0.3) is 0 Å². The quantitative estimate of drug-likeness (QED) is 0.193. The highest BCUT2D eigenvalue weighted by Gasteiger charge is 2.24. The molecular formula is C48H35NO2. The molecule has 51 heavy (non-hydrogen) atoms. The minimum Gasteiger partial charge on any atom is -0.456 e. The van der Waals surface area contributed by atoms with Crippen molar-refractivity contribution in [1.82, 2.24) is 0 Å². The van der Waals surface area contributed by atoms with Gasteiger partial charge in [-0.2, -0.15) is 0 Å². The fraction of sp³-hybridized carbons (Fsp3) is 0.0833. The standard InChI is InChI=1S/C48H35NO2/c1-2-9-31(10-3-1)32-19-21-33(22-20-32)35-11-6-12-37(29-35)39-14-7-17-44-47(39)48-42(15-8-18-45(48)51-44)49-38-26-23-34(24-27-38)36-25-28-41-40-13-4-5-16-43(40)50-46(41)30-36/h1-5,7-11,13-28,30,37,49H,6,12,29H2. The molecular weight excluding hydrogens is 623 g/mol. The summed E-state index contributed by atoms with van der Waals surface area (Å²) in [6.45, 7) is 0. The monoisotopic (exact) mass is 657 g/mol. The molecule has 0 aliphatic heterocycles. The summed E-state index contributed by atoms with van der Waals surface area (Å²) < 4.78 is 12.7. The predicted octanol–water partition coefficient (Wildman–Crippen LogP) is 13.9. The lowest BCUT2D eigenvalue weighted by Gasteiger charge is -2.24. The van der Waals surface area contributed by atoms with Gasteiger partial charge in [-0.05, 0) is 113 Å². The van der Waals surface area contributed by atoms with E-state index >= 15 is 0 Å². The Balaban J connectivity index is 0.946. The fourth-order valence-electron chi connectivity index (χ4n) is 8.06. The lowest BCUT2D eigenvalue weighted by molar-refractivity contribution is 0.629. The van der Waals surface area contributed by atoms with Gasteiger partial charge in [-0.3, -0.25) is 0 Å². The molecule has 0 fully saturated rings. The maximum absolute atomic E-state index is 6.50. The van der Waals surface area contributed by atoms with Gasteiger partial charge >= 0.3 is 0 Å². The Morgan fingerprint density at radius 2 is 1.10 bits per heavy atom. The molecule has 0 spiro atoms. The third kappa shape index (κ3) is 5.30. The summed E-state index contributed by atoms with van der Waals surface area (Å²) >= 11 is 0. The molecule has 1 N–H and O–H groups in total. The number of rotatable bonds is 6. The van der Waals surface area contributed by atoms with Crippen molar-refractivity contribution in [3.05, 3.63) is 175 Å². The molecule has 244 valence electrons. The van der Waals surface area contributed by atoms with Crippen molar-refractivity contribution >= 4 is 60.8 Å². The molecule has 0 saturated carbocycles. The number of fused-ring (bicyclic) bond motifs is 6. The SMILES string of the molecule is C1=C(c2ccc(-c3ccccc3)cc2)CC(c2cccc3oc4cccc(Nc5ccc(-c6ccc7c(c6)oc6ccccc67)cc5)c4c23)CC1. The molecule has 2 heterocycles. The molecule has 0 radical (unpaired) electrons. The zero-order valence-electron chi connectivity index (χ0n) is 28.1. The highest BCUT2D eigenvalue weighted by Crippen LogP contribution is 2.45. The molecule has 3 heteroatoms. The van der Waals surface area contributed by atoms with Crippen LogP contribution in [0.2, 0.25) is 0 Å². The maximum atomic E-state index is 6.50. The van der Waals surface area contributed by atoms with Crippen molar-refractivity contribution in [2.75, 3.05) is 5.32 Å². The van der Waals surface area contributed by atoms with Crippen LogP contribution in [0.5, 0.6) is 0 Å². The Morgan fingerprint density at radius 1 is 0.471 bits per heavy atom. The van der Waals surface area contributed by atoms with E-state index in [1.54, 1.807) is 0 Å². The van der Waals surface area contributed by atoms with Crippen LogP contribution in [-0.2, 0) is 0 Å². The van der Waals surface area contributed by atoms with Crippen LogP contribution in [0, 0.1) is 0 Å². The van der Waals surface area contributed by atoms with Crippen LogP contribution in [0.15, 0.2) is 173 Å². The normalized spacial score (nSPS) is 14.7. The Hall–Kier alpha value is -6.32. The number of hydrogen-bond acceptors (Lipinski definition) is 3. The average Bonchev–Trinajstić information content (AvgIpc) is 3.77. The molecule has 1 unspecified atom stereocenters. The van der Waals surface area contributed by atoms with Crippen LogP contribution in [0.25, 0.3) is 71.7 Å². The van der Waals surface area contributed by atoms with E-state index in [1.165, 1.54) is 33.2 Å². The number of furan rings is 2. The van der Waals surface area contributed by atoms with Gasteiger partial charge in [-0.15, -0.1) is 0 Å². The van der Waals surface area contributed by atoms with E-state index in [4.69, 9.17) is 8.83 Å². The summed E-state index contributed by atoms with van der Waals surface area (Å²) in [5.41, 5.74) is 14.6. The Bertz CT molecular complexity index is 2730. The topological polar surface area (TPSA) is 38.3 Å². The second kappa shape index (κ2) is 12.2. The Kier molecular flexibility index (Phi) is 7.09. The first kappa shape index (κ1) is 29.6. The van der Waals surface area contributed by atoms with Crippen LogP contribution in [0.4, 0.5) is 11.4 Å². The summed E-state index contributed by atoms with van der Waals surface area (Å²) in [7, 11) is 0. The number of allylic oxidation sites excluding steroid dienone is 2. The highest BCUT2D eigenvalue weighted by atomic mass is 16.3. The number of anilines is 2. The first-order valence-corrected chi connectivity index (χ1v) is 17.8. The van der Waals surface area contributed by atoms with Gasteiger partial charge in [-0.1, -0.05) is 115 Å². The summed E-state index contributed by atoms with van der Waals surface area (Å²) in [4.78, 5) is 0. The lowest BCUT2D eigenvalue weighted by Crippen LogP contribution is -2.05. The van der Waals surface area contributed by atoms with E-state index in [9.17, 15) is 0 Å². The highest BCUT2D eigenvalue weighted by molar-refractivity contribution is 6.13. The van der Waals surface area contributed by atoms with Gasteiger partial charge in [0.1, 0.15) is 22.3 Å². The van der Waals surface area contributed by atoms with Crippen molar-refractivity contribution in [1.29, 1.82) is 0 Å². The second-order valence-electron chi connectivity index (χ2n) is 13.7. The summed E-state index contributed by atoms with van der Waals surface area (Å²) in [5, 5.41) is 8.40. The van der Waals surface area contributed by atoms with Gasteiger partial charge < -0.3 is 14.2 Å². The Labute approximate surface area is 296 Å². The van der Waals surface area contributed by atoms with Crippen molar-refractivity contribution in [3.8, 4) is 22.3 Å². The van der Waals surface area contributed by atoms with Crippen LogP contribution in [0.1, 0.15) is 36.3 Å². The third-order valence-corrected chi connectivity index (χ3v) is 10.6. The van der Waals surface area contributed by atoms with Crippen LogP contribution >= 0.6 is 0 Å². The molecule has 9 aromatic rings. The largest absolute Gasteiger partial charge is 0.456 e. The number of hydrogen-bond donors (Lipinski definition) is 1. The van der Waals surface area contributed by atoms with Gasteiger partial charge in [0, 0.05) is 21.8 Å². The van der Waals surface area contributed by atoms with Crippen molar-refractivity contribution in [2.45, 2.75) is 25.2 Å². The minimum absolute atomic E-state index is 0.403. The maximum Gasteiger partial charge on any atom is 0.137 e. The van der Waals surface area contributed by atoms with Gasteiger partial charge in [-0.25, -0.2) is 0 Å². The first-order valence-electron chi connectivity index (χ1n) is 17.8. The predicted molar refractivity (Wildman–Crippen MR) is 213 cm³/mol. The summed E-state index contributed by atoms with van der Waals surface area (Å²) in [6, 6.07) is 55.9. The fourth-order valence-corrected chi connectivity index (χ4v) is 8.06. The van der Waals surface area contributed by atoms with Crippen molar-refractivity contribution in [2.24, 2.45) is 0 Å². The van der Waals surface area contributed by atoms with E-state index in [1.807, 2.05) is 12.1 Å². The van der Waals surface area contributed by atoms with E-state index in [0.29, 0.717) is 5.92 Å². The van der Waals surface area contributed by atoms with Gasteiger partial charge in [0.2, 0.25) is 0 Å². The molecule has 2 aromatic heterocycles. The second-order valence-corrected chi connectivity index (χ2v) is 13.7. The van der Waals surface area contributed by atoms with E-state index in [2.05, 4.69) is 157 Å². The smallest absolute Gasteiger partial charge is 0.137 e. The lowest BCUT2D eigenvalue weighted by atomic mass is 9.80. The zero-order valence-corrected chi connectivity index (χ0v) is 28.1. The van der Waals surface area contributed by atoms with Gasteiger partial charge in [0.05, 0.1) is 11.1 Å². The van der Waals surface area contributed by atoms with Crippen LogP contribution < -0.4 is 5.32 Å². The third-order valence-electron chi connectivity index (χ3n) is 10.6. The molecule has 1 aliphatic carbocycles. The molecule has 0 amide bonds. The van der Waals surface area contributed by atoms with Crippen LogP contribution in [0.3, 0.4) is 0 Å².